The molecule has 0 heterocycles. The van der Waals surface area contributed by atoms with Gasteiger partial charge in [0.05, 0.1) is 0 Å². The van der Waals surface area contributed by atoms with Crippen LogP contribution in [0.5, 0.6) is 0 Å². The molecule has 0 aromatic rings. The van der Waals surface area contributed by atoms with E-state index in [9.17, 15) is 8.76 Å². The van der Waals surface area contributed by atoms with Crippen molar-refractivity contribution in [1.82, 2.24) is 10.0 Å². The molecule has 9 heavy (non-hydrogen) atoms. The summed E-state index contributed by atoms with van der Waals surface area (Å²) in [6.45, 7) is 1.35. The Hall–Kier alpha value is 0.0300. The third-order valence-electron chi connectivity index (χ3n) is 0.823. The summed E-state index contributed by atoms with van der Waals surface area (Å²) >= 11 is -2.10. The Morgan fingerprint density at radius 1 is 1.56 bits per heavy atom. The fourth-order valence-electron chi connectivity index (χ4n) is 0.421. The molecule has 0 amide bonds. The van der Waals surface area contributed by atoms with Gasteiger partial charge in [-0.25, -0.2) is 4.72 Å². The van der Waals surface area contributed by atoms with Gasteiger partial charge in [-0.1, -0.05) is 0 Å². The lowest BCUT2D eigenvalue weighted by Crippen LogP contribution is -2.21. The summed E-state index contributed by atoms with van der Waals surface area (Å²) in [7, 11) is 1.83. The third kappa shape index (κ3) is 8.03. The molecule has 0 radical (unpaired) electrons. The van der Waals surface area contributed by atoms with Crippen LogP contribution in [-0.2, 0) is 11.3 Å². The van der Waals surface area contributed by atoms with Crippen molar-refractivity contribution in [3.63, 3.8) is 0 Å². The van der Waals surface area contributed by atoms with E-state index >= 15 is 0 Å². The molecule has 4 nitrogen and oxygen atoms in total. The van der Waals surface area contributed by atoms with Crippen LogP contribution in [0, 0.1) is 0 Å². The second-order valence-electron chi connectivity index (χ2n) is 1.59. The molecule has 56 valence electrons. The van der Waals surface area contributed by atoms with Crippen LogP contribution in [0.15, 0.2) is 0 Å². The molecule has 0 spiro atoms. The zero-order valence-corrected chi connectivity index (χ0v) is 6.16. The number of rotatable bonds is 5. The highest BCUT2D eigenvalue weighted by Crippen LogP contribution is 1.71. The molecule has 0 aromatic heterocycles. The van der Waals surface area contributed by atoms with E-state index in [4.69, 9.17) is 0 Å². The topological polar surface area (TPSA) is 64.2 Å². The molecule has 0 aliphatic rings. The van der Waals surface area contributed by atoms with Gasteiger partial charge >= 0.3 is 0 Å². The highest BCUT2D eigenvalue weighted by molar-refractivity contribution is 7.77. The Kier molecular flexibility index (Phi) is 6.18. The number of hydrogen-bond donors (Lipinski definition) is 2. The lowest BCUT2D eigenvalue weighted by molar-refractivity contribution is 0.520. The van der Waals surface area contributed by atoms with Crippen LogP contribution in [0.2, 0.25) is 0 Å². The van der Waals surface area contributed by atoms with E-state index in [0.717, 1.165) is 13.0 Å². The first-order valence-electron chi connectivity index (χ1n) is 2.74. The third-order valence-corrected chi connectivity index (χ3v) is 1.26. The maximum Gasteiger partial charge on any atom is 0.0181 e. The Bertz CT molecular complexity index is 88.6. The minimum absolute atomic E-state index is 0.511. The summed E-state index contributed by atoms with van der Waals surface area (Å²) in [5.74, 6) is 0. The van der Waals surface area contributed by atoms with Crippen molar-refractivity contribution < 1.29 is 8.76 Å². The van der Waals surface area contributed by atoms with E-state index in [1.807, 2.05) is 7.05 Å². The SMILES string of the molecule is CNCCCNS(=O)[O-]. The summed E-state index contributed by atoms with van der Waals surface area (Å²) in [6, 6.07) is 0. The van der Waals surface area contributed by atoms with E-state index in [1.165, 1.54) is 0 Å². The normalized spacial score (nSPS) is 13.6. The first-order chi connectivity index (χ1) is 4.27. The minimum atomic E-state index is -2.10. The van der Waals surface area contributed by atoms with E-state index in [1.54, 1.807) is 0 Å². The molecule has 1 atom stereocenters. The van der Waals surface area contributed by atoms with Gasteiger partial charge in [-0.15, -0.1) is 0 Å². The average Bonchev–Trinajstić information content (AvgIpc) is 1.80. The van der Waals surface area contributed by atoms with Crippen molar-refractivity contribution in [3.05, 3.63) is 0 Å². The van der Waals surface area contributed by atoms with Crippen LogP contribution >= 0.6 is 0 Å². The summed E-state index contributed by atoms with van der Waals surface area (Å²) < 4.78 is 21.9. The standard InChI is InChI=1S/C4H12N2O2S/c1-5-3-2-4-6-9(7)8/h5-6H,2-4H2,1H3,(H,7,8)/p-1. The smallest absolute Gasteiger partial charge is 0.0181 e. The van der Waals surface area contributed by atoms with Gasteiger partial charge in [-0.3, -0.25) is 4.21 Å². The summed E-state index contributed by atoms with van der Waals surface area (Å²) in [4.78, 5) is 0. The van der Waals surface area contributed by atoms with Crippen LogP contribution in [0.25, 0.3) is 0 Å². The van der Waals surface area contributed by atoms with Crippen LogP contribution in [0.1, 0.15) is 6.42 Å². The van der Waals surface area contributed by atoms with Crippen molar-refractivity contribution in [2.24, 2.45) is 0 Å². The predicted molar refractivity (Wildman–Crippen MR) is 35.5 cm³/mol. The van der Waals surface area contributed by atoms with Crippen LogP contribution in [0.3, 0.4) is 0 Å². The molecule has 0 aliphatic heterocycles. The number of hydrogen-bond acceptors (Lipinski definition) is 3. The van der Waals surface area contributed by atoms with E-state index in [2.05, 4.69) is 10.0 Å². The van der Waals surface area contributed by atoms with E-state index in [-0.39, 0.29) is 0 Å². The van der Waals surface area contributed by atoms with Gasteiger partial charge in [-0.2, -0.15) is 0 Å². The molecule has 0 saturated carbocycles. The molecular weight excluding hydrogens is 140 g/mol. The van der Waals surface area contributed by atoms with Crippen molar-refractivity contribution in [1.29, 1.82) is 0 Å². The average molecular weight is 151 g/mol. The fraction of sp³-hybridized carbons (Fsp3) is 1.00. The molecular formula is C4H11N2O2S-. The van der Waals surface area contributed by atoms with Crippen LogP contribution < -0.4 is 10.0 Å². The van der Waals surface area contributed by atoms with Crippen molar-refractivity contribution in [3.8, 4) is 0 Å². The van der Waals surface area contributed by atoms with E-state index in [0.29, 0.717) is 6.54 Å². The van der Waals surface area contributed by atoms with Gasteiger partial charge in [-0.05, 0) is 20.0 Å². The maximum absolute atomic E-state index is 9.83. The molecule has 0 aliphatic carbocycles. The van der Waals surface area contributed by atoms with Gasteiger partial charge in [0.1, 0.15) is 0 Å². The first-order valence-corrected chi connectivity index (χ1v) is 3.82. The van der Waals surface area contributed by atoms with Gasteiger partial charge in [0.2, 0.25) is 0 Å². The second kappa shape index (κ2) is 6.15. The molecule has 5 heteroatoms. The summed E-state index contributed by atoms with van der Waals surface area (Å²) in [5.41, 5.74) is 0. The van der Waals surface area contributed by atoms with Gasteiger partial charge in [0.25, 0.3) is 0 Å². The van der Waals surface area contributed by atoms with E-state index < -0.39 is 11.3 Å². The lowest BCUT2D eigenvalue weighted by Gasteiger charge is -2.05. The van der Waals surface area contributed by atoms with Gasteiger partial charge < -0.3 is 9.87 Å². The highest BCUT2D eigenvalue weighted by Gasteiger charge is 1.82. The zero-order valence-electron chi connectivity index (χ0n) is 5.35. The zero-order chi connectivity index (χ0) is 7.11. The summed E-state index contributed by atoms with van der Waals surface area (Å²) in [5, 5.41) is 2.90. The largest absolute Gasteiger partial charge is 0.760 e. The maximum atomic E-state index is 9.83. The van der Waals surface area contributed by atoms with Crippen LogP contribution in [-0.4, -0.2) is 28.9 Å². The monoisotopic (exact) mass is 151 g/mol. The van der Waals surface area contributed by atoms with Crippen molar-refractivity contribution in [2.45, 2.75) is 6.42 Å². The quantitative estimate of drug-likeness (QED) is 0.390. The van der Waals surface area contributed by atoms with Gasteiger partial charge in [0, 0.05) is 17.8 Å². The Morgan fingerprint density at radius 2 is 2.22 bits per heavy atom. The Labute approximate surface area is 57.4 Å². The van der Waals surface area contributed by atoms with Crippen molar-refractivity contribution in [2.75, 3.05) is 20.1 Å². The molecule has 0 saturated heterocycles. The first kappa shape index (κ1) is 9.03. The molecule has 0 bridgehead atoms. The predicted octanol–water partition coefficient (Wildman–Crippen LogP) is -1.02. The second-order valence-corrected chi connectivity index (χ2v) is 2.34. The molecule has 0 rings (SSSR count). The fourth-order valence-corrected chi connectivity index (χ4v) is 0.732. The molecule has 0 aromatic carbocycles. The number of nitrogens with one attached hydrogen (secondary N) is 2. The van der Waals surface area contributed by atoms with Crippen LogP contribution in [0.4, 0.5) is 0 Å². The summed E-state index contributed by atoms with van der Waals surface area (Å²) in [6.07, 6.45) is 0.824. The highest BCUT2D eigenvalue weighted by atomic mass is 32.2. The molecule has 1 unspecified atom stereocenters. The van der Waals surface area contributed by atoms with Crippen molar-refractivity contribution >= 4 is 11.3 Å². The molecule has 0 fully saturated rings. The molecule has 2 N–H and O–H groups in total. The van der Waals surface area contributed by atoms with Gasteiger partial charge in [0.15, 0.2) is 0 Å². The Morgan fingerprint density at radius 3 is 2.67 bits per heavy atom. The Balaban J connectivity index is 2.83. The lowest BCUT2D eigenvalue weighted by atomic mass is 10.4. The minimum Gasteiger partial charge on any atom is -0.760 e.